The highest BCUT2D eigenvalue weighted by Gasteiger charge is 2.06. The Balaban J connectivity index is 2.31. The average Bonchev–Trinajstić information content (AvgIpc) is 2.77. The summed E-state index contributed by atoms with van der Waals surface area (Å²) in [7, 11) is 0. The van der Waals surface area contributed by atoms with E-state index in [1.807, 2.05) is 30.3 Å². The summed E-state index contributed by atoms with van der Waals surface area (Å²) in [6.07, 6.45) is 1.63. The third kappa shape index (κ3) is 1.17. The highest BCUT2D eigenvalue weighted by Crippen LogP contribution is 2.12. The first-order valence-electron chi connectivity index (χ1n) is 4.56. The number of H-pyrrole nitrogens is 2. The summed E-state index contributed by atoms with van der Waals surface area (Å²) < 4.78 is 1.69. The lowest BCUT2D eigenvalue weighted by atomic mass is 10.3. The Morgan fingerprint density at radius 1 is 1.13 bits per heavy atom. The summed E-state index contributed by atoms with van der Waals surface area (Å²) in [5, 5.41) is 4.18. The maximum atomic E-state index is 11.1. The fourth-order valence-electron chi connectivity index (χ4n) is 1.59. The minimum atomic E-state index is -0.216. The summed E-state index contributed by atoms with van der Waals surface area (Å²) in [5.74, 6) is 0. The molecule has 74 valence electrons. The first kappa shape index (κ1) is 8.05. The fraction of sp³-hybridized carbons (Fsp3) is 0. The highest BCUT2D eigenvalue weighted by molar-refractivity contribution is 5.71. The van der Waals surface area contributed by atoms with Gasteiger partial charge in [0.05, 0.1) is 11.9 Å². The molecule has 0 atom stereocenters. The molecule has 0 radical (unpaired) electrons. The van der Waals surface area contributed by atoms with E-state index in [0.29, 0.717) is 11.2 Å². The average molecular weight is 200 g/mol. The van der Waals surface area contributed by atoms with Crippen LogP contribution in [0.3, 0.4) is 0 Å². The van der Waals surface area contributed by atoms with E-state index in [1.165, 1.54) is 0 Å². The van der Waals surface area contributed by atoms with Gasteiger partial charge in [-0.1, -0.05) is 18.2 Å². The van der Waals surface area contributed by atoms with Gasteiger partial charge >= 0.3 is 5.69 Å². The van der Waals surface area contributed by atoms with E-state index in [-0.39, 0.29) is 5.69 Å². The molecule has 0 saturated heterocycles. The van der Waals surface area contributed by atoms with Crippen LogP contribution in [0.5, 0.6) is 0 Å². The fourth-order valence-corrected chi connectivity index (χ4v) is 1.59. The smallest absolute Gasteiger partial charge is 0.303 e. The van der Waals surface area contributed by atoms with Crippen LogP contribution in [0, 0.1) is 0 Å². The lowest BCUT2D eigenvalue weighted by Gasteiger charge is -1.99. The number of imidazole rings is 1. The molecule has 2 aromatic heterocycles. The van der Waals surface area contributed by atoms with E-state index in [4.69, 9.17) is 0 Å². The quantitative estimate of drug-likeness (QED) is 0.616. The Hall–Kier alpha value is -2.30. The third-order valence-corrected chi connectivity index (χ3v) is 2.25. The molecule has 5 nitrogen and oxygen atoms in total. The van der Waals surface area contributed by atoms with E-state index in [1.54, 1.807) is 10.9 Å². The number of aromatic amines is 2. The van der Waals surface area contributed by atoms with Gasteiger partial charge in [-0.3, -0.25) is 4.98 Å². The van der Waals surface area contributed by atoms with Gasteiger partial charge in [-0.2, -0.15) is 5.10 Å². The van der Waals surface area contributed by atoms with Crippen molar-refractivity contribution in [3.63, 3.8) is 0 Å². The lowest BCUT2D eigenvalue weighted by Crippen LogP contribution is -2.03. The van der Waals surface area contributed by atoms with Gasteiger partial charge in [-0.25, -0.2) is 9.48 Å². The molecule has 0 bridgehead atoms. The lowest BCUT2D eigenvalue weighted by molar-refractivity contribution is 0.893. The highest BCUT2D eigenvalue weighted by atomic mass is 16.1. The van der Waals surface area contributed by atoms with Crippen LogP contribution < -0.4 is 5.69 Å². The molecule has 2 N–H and O–H groups in total. The molecular formula is C10H8N4O. The molecule has 1 aromatic carbocycles. The summed E-state index contributed by atoms with van der Waals surface area (Å²) in [4.78, 5) is 16.4. The Bertz CT molecular complexity index is 647. The minimum absolute atomic E-state index is 0.216. The molecule has 0 aliphatic heterocycles. The molecule has 0 spiro atoms. The van der Waals surface area contributed by atoms with Gasteiger partial charge in [0.15, 0.2) is 5.65 Å². The second-order valence-corrected chi connectivity index (χ2v) is 3.23. The van der Waals surface area contributed by atoms with Crippen molar-refractivity contribution in [2.24, 2.45) is 0 Å². The molecule has 0 saturated carbocycles. The molecular weight excluding hydrogens is 192 g/mol. The van der Waals surface area contributed by atoms with Gasteiger partial charge in [0.2, 0.25) is 0 Å². The summed E-state index contributed by atoms with van der Waals surface area (Å²) in [6.45, 7) is 0. The van der Waals surface area contributed by atoms with Gasteiger partial charge in [0, 0.05) is 0 Å². The zero-order chi connectivity index (χ0) is 10.3. The van der Waals surface area contributed by atoms with Gasteiger partial charge in [0.25, 0.3) is 0 Å². The molecule has 0 aliphatic rings. The first-order chi connectivity index (χ1) is 7.34. The molecule has 15 heavy (non-hydrogen) atoms. The Labute approximate surface area is 84.4 Å². The minimum Gasteiger partial charge on any atom is -0.303 e. The van der Waals surface area contributed by atoms with Crippen LogP contribution in [0.1, 0.15) is 0 Å². The topological polar surface area (TPSA) is 66.5 Å². The zero-order valence-corrected chi connectivity index (χ0v) is 7.77. The second kappa shape index (κ2) is 2.84. The van der Waals surface area contributed by atoms with Crippen molar-refractivity contribution in [3.05, 3.63) is 47.0 Å². The van der Waals surface area contributed by atoms with E-state index in [2.05, 4.69) is 15.1 Å². The predicted molar refractivity (Wildman–Crippen MR) is 56.0 cm³/mol. The SMILES string of the molecule is O=c1[nH]c2cnn(-c3ccccc3)c2[nH]1. The van der Waals surface area contributed by atoms with Crippen LogP contribution in [0.15, 0.2) is 41.3 Å². The van der Waals surface area contributed by atoms with Crippen molar-refractivity contribution in [3.8, 4) is 5.69 Å². The summed E-state index contributed by atoms with van der Waals surface area (Å²) in [6, 6.07) is 9.64. The first-order valence-corrected chi connectivity index (χ1v) is 4.56. The van der Waals surface area contributed by atoms with Crippen molar-refractivity contribution in [2.45, 2.75) is 0 Å². The standard InChI is InChI=1S/C10H8N4O/c15-10-12-8-6-11-14(9(8)13-10)7-4-2-1-3-5-7/h1-6H,(H2,12,13,15). The molecule has 0 aliphatic carbocycles. The molecule has 3 aromatic rings. The van der Waals surface area contributed by atoms with E-state index in [9.17, 15) is 4.79 Å². The summed E-state index contributed by atoms with van der Waals surface area (Å²) >= 11 is 0. The second-order valence-electron chi connectivity index (χ2n) is 3.23. The maximum absolute atomic E-state index is 11.1. The Morgan fingerprint density at radius 3 is 2.73 bits per heavy atom. The third-order valence-electron chi connectivity index (χ3n) is 2.25. The van der Waals surface area contributed by atoms with Gasteiger partial charge in [-0.05, 0) is 12.1 Å². The Morgan fingerprint density at radius 2 is 1.93 bits per heavy atom. The number of fused-ring (bicyclic) bond motifs is 1. The number of aromatic nitrogens is 4. The largest absolute Gasteiger partial charge is 0.325 e. The number of para-hydroxylation sites is 1. The molecule has 2 heterocycles. The molecule has 0 unspecified atom stereocenters. The molecule has 3 rings (SSSR count). The normalized spacial score (nSPS) is 10.9. The Kier molecular flexibility index (Phi) is 1.53. The monoisotopic (exact) mass is 200 g/mol. The maximum Gasteiger partial charge on any atom is 0.325 e. The number of nitrogens with zero attached hydrogens (tertiary/aromatic N) is 2. The van der Waals surface area contributed by atoms with Gasteiger partial charge in [0.1, 0.15) is 5.52 Å². The summed E-state index contributed by atoms with van der Waals surface area (Å²) in [5.41, 5.74) is 2.10. The van der Waals surface area contributed by atoms with Crippen LogP contribution in [0.25, 0.3) is 16.9 Å². The van der Waals surface area contributed by atoms with E-state index in [0.717, 1.165) is 5.69 Å². The van der Waals surface area contributed by atoms with Crippen LogP contribution in [0.2, 0.25) is 0 Å². The van der Waals surface area contributed by atoms with Crippen molar-refractivity contribution < 1.29 is 0 Å². The van der Waals surface area contributed by atoms with Crippen LogP contribution >= 0.6 is 0 Å². The van der Waals surface area contributed by atoms with Gasteiger partial charge in [-0.15, -0.1) is 0 Å². The van der Waals surface area contributed by atoms with E-state index < -0.39 is 0 Å². The van der Waals surface area contributed by atoms with Crippen molar-refractivity contribution in [1.82, 2.24) is 19.7 Å². The number of rotatable bonds is 1. The number of hydrogen-bond acceptors (Lipinski definition) is 2. The number of hydrogen-bond donors (Lipinski definition) is 2. The van der Waals surface area contributed by atoms with Crippen molar-refractivity contribution in [2.75, 3.05) is 0 Å². The van der Waals surface area contributed by atoms with Gasteiger partial charge < -0.3 is 4.98 Å². The molecule has 0 amide bonds. The van der Waals surface area contributed by atoms with Crippen molar-refractivity contribution in [1.29, 1.82) is 0 Å². The molecule has 0 fully saturated rings. The predicted octanol–water partition coefficient (Wildman–Crippen LogP) is 1.04. The van der Waals surface area contributed by atoms with Crippen LogP contribution in [-0.2, 0) is 0 Å². The number of nitrogens with one attached hydrogen (secondary N) is 2. The number of benzene rings is 1. The zero-order valence-electron chi connectivity index (χ0n) is 7.77. The molecule has 5 heteroatoms. The van der Waals surface area contributed by atoms with Crippen LogP contribution in [-0.4, -0.2) is 19.7 Å². The van der Waals surface area contributed by atoms with Crippen LogP contribution in [0.4, 0.5) is 0 Å². The van der Waals surface area contributed by atoms with Crippen molar-refractivity contribution >= 4 is 11.2 Å². The van der Waals surface area contributed by atoms with E-state index >= 15 is 0 Å².